The highest BCUT2D eigenvalue weighted by Gasteiger charge is 2.34. The summed E-state index contributed by atoms with van der Waals surface area (Å²) in [5, 5.41) is 2.14. The monoisotopic (exact) mass is 464 g/mol. The van der Waals surface area contributed by atoms with Crippen LogP contribution in [-0.2, 0) is 30.5 Å². The number of nitrogens with one attached hydrogen (secondary N) is 1. The number of carbonyl (C=O) groups excluding carboxylic acids is 2. The Bertz CT molecular complexity index is 1060. The number of esters is 1. The minimum absolute atomic E-state index is 0.304. The summed E-state index contributed by atoms with van der Waals surface area (Å²) in [6.45, 7) is 0.353. The SMILES string of the molecule is COC(=O)CN(c1cc(C(F)(F)F)ccc1Cl)S(=O)(=O)c1ccc(NC(C)=O)cc1. The van der Waals surface area contributed by atoms with Gasteiger partial charge in [0.2, 0.25) is 5.91 Å². The second-order valence-corrected chi connectivity index (χ2v) is 8.23. The molecule has 0 fully saturated rings. The highest BCUT2D eigenvalue weighted by atomic mass is 35.5. The highest BCUT2D eigenvalue weighted by molar-refractivity contribution is 7.92. The Morgan fingerprint density at radius 2 is 1.73 bits per heavy atom. The van der Waals surface area contributed by atoms with Crippen molar-refractivity contribution in [3.05, 3.63) is 53.1 Å². The van der Waals surface area contributed by atoms with Crippen molar-refractivity contribution in [1.29, 1.82) is 0 Å². The van der Waals surface area contributed by atoms with Gasteiger partial charge in [-0.25, -0.2) is 8.42 Å². The summed E-state index contributed by atoms with van der Waals surface area (Å²) in [7, 11) is -3.52. The van der Waals surface area contributed by atoms with Crippen LogP contribution in [0.2, 0.25) is 5.02 Å². The number of alkyl halides is 3. The molecule has 0 aliphatic rings. The number of rotatable bonds is 6. The molecule has 0 aromatic heterocycles. The summed E-state index contributed by atoms with van der Waals surface area (Å²) in [4.78, 5) is 22.6. The number of benzene rings is 2. The Hall–Kier alpha value is -2.79. The van der Waals surface area contributed by atoms with Gasteiger partial charge in [-0.1, -0.05) is 11.6 Å². The quantitative estimate of drug-likeness (QED) is 0.658. The maximum Gasteiger partial charge on any atom is 0.416 e. The van der Waals surface area contributed by atoms with E-state index in [4.69, 9.17) is 11.6 Å². The molecule has 2 aromatic carbocycles. The van der Waals surface area contributed by atoms with Gasteiger partial charge in [0, 0.05) is 12.6 Å². The molecular weight excluding hydrogens is 449 g/mol. The molecule has 0 atom stereocenters. The normalized spacial score (nSPS) is 11.7. The summed E-state index contributed by atoms with van der Waals surface area (Å²) >= 11 is 5.97. The first-order valence-corrected chi connectivity index (χ1v) is 10.0. The first-order valence-electron chi connectivity index (χ1n) is 8.20. The topological polar surface area (TPSA) is 92.8 Å². The zero-order valence-corrected chi connectivity index (χ0v) is 17.2. The van der Waals surface area contributed by atoms with E-state index >= 15 is 0 Å². The first kappa shape index (κ1) is 23.5. The fraction of sp³-hybridized carbons (Fsp3) is 0.222. The van der Waals surface area contributed by atoms with E-state index in [9.17, 15) is 31.2 Å². The smallest absolute Gasteiger partial charge is 0.416 e. The molecule has 0 radical (unpaired) electrons. The van der Waals surface area contributed by atoms with Crippen LogP contribution in [0.5, 0.6) is 0 Å². The predicted molar refractivity (Wildman–Crippen MR) is 104 cm³/mol. The van der Waals surface area contributed by atoms with E-state index in [2.05, 4.69) is 10.1 Å². The lowest BCUT2D eigenvalue weighted by Crippen LogP contribution is -2.36. The van der Waals surface area contributed by atoms with Crippen molar-refractivity contribution in [1.82, 2.24) is 0 Å². The Kier molecular flexibility index (Phi) is 6.99. The molecule has 162 valence electrons. The second kappa shape index (κ2) is 8.92. The van der Waals surface area contributed by atoms with Crippen molar-refractivity contribution in [2.75, 3.05) is 23.3 Å². The molecule has 1 N–H and O–H groups in total. The van der Waals surface area contributed by atoms with E-state index in [1.165, 1.54) is 19.1 Å². The number of halogens is 4. The highest BCUT2D eigenvalue weighted by Crippen LogP contribution is 2.37. The van der Waals surface area contributed by atoms with Crippen LogP contribution in [-0.4, -0.2) is 33.9 Å². The van der Waals surface area contributed by atoms with Crippen molar-refractivity contribution in [2.45, 2.75) is 18.0 Å². The van der Waals surface area contributed by atoms with E-state index in [0.717, 1.165) is 25.3 Å². The number of amides is 1. The lowest BCUT2D eigenvalue weighted by Gasteiger charge is -2.25. The Morgan fingerprint density at radius 3 is 2.23 bits per heavy atom. The van der Waals surface area contributed by atoms with Gasteiger partial charge in [0.1, 0.15) is 6.54 Å². The number of sulfonamides is 1. The fourth-order valence-corrected chi connectivity index (χ4v) is 4.09. The number of nitrogens with zero attached hydrogens (tertiary/aromatic N) is 1. The molecular formula is C18H16ClF3N2O5S. The standard InChI is InChI=1S/C18H16ClF3N2O5S/c1-11(25)23-13-4-6-14(7-5-13)30(27,28)24(10-17(26)29-2)16-9-12(18(20,21)22)3-8-15(16)19/h3-9H,10H2,1-2H3,(H,23,25). The molecule has 0 unspecified atom stereocenters. The first-order chi connectivity index (χ1) is 13.9. The van der Waals surface area contributed by atoms with Gasteiger partial charge in [0.25, 0.3) is 10.0 Å². The number of methoxy groups -OCH3 is 1. The molecule has 30 heavy (non-hydrogen) atoms. The van der Waals surface area contributed by atoms with Gasteiger partial charge in [-0.2, -0.15) is 13.2 Å². The van der Waals surface area contributed by atoms with Crippen LogP contribution in [0.4, 0.5) is 24.5 Å². The lowest BCUT2D eigenvalue weighted by molar-refractivity contribution is -0.139. The molecule has 12 heteroatoms. The van der Waals surface area contributed by atoms with Crippen molar-refractivity contribution in [2.24, 2.45) is 0 Å². The van der Waals surface area contributed by atoms with Gasteiger partial charge in [0.15, 0.2) is 0 Å². The van der Waals surface area contributed by atoms with Gasteiger partial charge in [-0.15, -0.1) is 0 Å². The van der Waals surface area contributed by atoms with Crippen LogP contribution in [0, 0.1) is 0 Å². The van der Waals surface area contributed by atoms with Crippen LogP contribution in [0.1, 0.15) is 12.5 Å². The molecule has 0 saturated carbocycles. The minimum atomic E-state index is -4.76. The van der Waals surface area contributed by atoms with Crippen LogP contribution in [0.3, 0.4) is 0 Å². The Balaban J connectivity index is 2.59. The molecule has 0 bridgehead atoms. The largest absolute Gasteiger partial charge is 0.468 e. The van der Waals surface area contributed by atoms with Gasteiger partial charge in [-0.3, -0.25) is 13.9 Å². The summed E-state index contributed by atoms with van der Waals surface area (Å²) in [6, 6.07) is 6.96. The Labute approximate surface area is 175 Å². The summed E-state index contributed by atoms with van der Waals surface area (Å²) in [5.41, 5.74) is -1.38. The number of anilines is 2. The van der Waals surface area contributed by atoms with Gasteiger partial charge < -0.3 is 10.1 Å². The summed E-state index contributed by atoms with van der Waals surface area (Å²) in [5.74, 6) is -1.39. The van der Waals surface area contributed by atoms with E-state index in [1.54, 1.807) is 0 Å². The molecule has 0 saturated heterocycles. The molecule has 0 heterocycles. The molecule has 1 amide bonds. The zero-order valence-electron chi connectivity index (χ0n) is 15.7. The Morgan fingerprint density at radius 1 is 1.13 bits per heavy atom. The molecule has 7 nitrogen and oxygen atoms in total. The summed E-state index contributed by atoms with van der Waals surface area (Å²) < 4.78 is 70.5. The maximum atomic E-state index is 13.1. The van der Waals surface area contributed by atoms with Crippen molar-refractivity contribution < 1.29 is 35.9 Å². The van der Waals surface area contributed by atoms with E-state index in [1.807, 2.05) is 0 Å². The molecule has 2 aromatic rings. The van der Waals surface area contributed by atoms with E-state index in [-0.39, 0.29) is 15.8 Å². The van der Waals surface area contributed by atoms with Crippen molar-refractivity contribution in [3.63, 3.8) is 0 Å². The van der Waals surface area contributed by atoms with Gasteiger partial charge >= 0.3 is 12.1 Å². The number of hydrogen-bond acceptors (Lipinski definition) is 5. The number of hydrogen-bond donors (Lipinski definition) is 1. The average molecular weight is 465 g/mol. The van der Waals surface area contributed by atoms with Gasteiger partial charge in [-0.05, 0) is 42.5 Å². The van der Waals surface area contributed by atoms with Crippen LogP contribution < -0.4 is 9.62 Å². The fourth-order valence-electron chi connectivity index (χ4n) is 2.40. The molecule has 0 aliphatic heterocycles. The van der Waals surface area contributed by atoms with Crippen LogP contribution >= 0.6 is 11.6 Å². The molecule has 0 aliphatic carbocycles. The van der Waals surface area contributed by atoms with E-state index < -0.39 is 40.0 Å². The third kappa shape index (κ3) is 5.42. The summed E-state index contributed by atoms with van der Waals surface area (Å²) in [6.07, 6.45) is -4.76. The molecule has 2 rings (SSSR count). The van der Waals surface area contributed by atoms with Gasteiger partial charge in [0.05, 0.1) is 28.3 Å². The minimum Gasteiger partial charge on any atom is -0.468 e. The second-order valence-electron chi connectivity index (χ2n) is 5.96. The average Bonchev–Trinajstić information content (AvgIpc) is 2.65. The van der Waals surface area contributed by atoms with Crippen LogP contribution in [0.25, 0.3) is 0 Å². The zero-order chi connectivity index (χ0) is 22.7. The lowest BCUT2D eigenvalue weighted by atomic mass is 10.2. The van der Waals surface area contributed by atoms with Crippen LogP contribution in [0.15, 0.2) is 47.4 Å². The maximum absolute atomic E-state index is 13.1. The molecule has 0 spiro atoms. The third-order valence-electron chi connectivity index (χ3n) is 3.81. The van der Waals surface area contributed by atoms with Crippen molar-refractivity contribution >= 4 is 44.9 Å². The van der Waals surface area contributed by atoms with Crippen molar-refractivity contribution in [3.8, 4) is 0 Å². The van der Waals surface area contributed by atoms with E-state index in [0.29, 0.717) is 22.1 Å². The predicted octanol–water partition coefficient (Wildman–Crippen LogP) is 3.69. The number of ether oxygens (including phenoxy) is 1. The number of carbonyl (C=O) groups is 2. The third-order valence-corrected chi connectivity index (χ3v) is 5.90.